The summed E-state index contributed by atoms with van der Waals surface area (Å²) < 4.78 is 3.71. The van der Waals surface area contributed by atoms with Gasteiger partial charge in [-0.1, -0.05) is 18.2 Å². The van der Waals surface area contributed by atoms with Crippen LogP contribution in [0.25, 0.3) is 16.9 Å². The predicted octanol–water partition coefficient (Wildman–Crippen LogP) is 2.37. The van der Waals surface area contributed by atoms with E-state index in [4.69, 9.17) is 0 Å². The van der Waals surface area contributed by atoms with E-state index in [0.29, 0.717) is 6.54 Å². The molecule has 0 aromatic carbocycles. The van der Waals surface area contributed by atoms with Crippen molar-refractivity contribution < 1.29 is 5.11 Å². The Labute approximate surface area is 168 Å². The molecular formula is C21H23N7O. The Bertz CT molecular complexity index is 1150. The van der Waals surface area contributed by atoms with Crippen LogP contribution < -0.4 is 4.90 Å². The van der Waals surface area contributed by atoms with E-state index in [-0.39, 0.29) is 6.61 Å². The SMILES string of the molecule is CC1CCN(c2cncc(-c3cn(Cc4cn5cc(CO)ccc5n4)nn3)c2)C1. The number of hydrogen-bond donors (Lipinski definition) is 1. The molecule has 0 aliphatic carbocycles. The van der Waals surface area contributed by atoms with Crippen LogP contribution in [0.15, 0.2) is 49.2 Å². The highest BCUT2D eigenvalue weighted by atomic mass is 16.3. The maximum atomic E-state index is 9.29. The summed E-state index contributed by atoms with van der Waals surface area (Å²) in [6.07, 6.45) is 10.7. The van der Waals surface area contributed by atoms with Gasteiger partial charge in [-0.2, -0.15) is 0 Å². The molecule has 8 nitrogen and oxygen atoms in total. The molecule has 1 unspecified atom stereocenters. The summed E-state index contributed by atoms with van der Waals surface area (Å²) in [7, 11) is 0. The minimum atomic E-state index is 0.0132. The van der Waals surface area contributed by atoms with Gasteiger partial charge in [0, 0.05) is 37.2 Å². The van der Waals surface area contributed by atoms with Crippen molar-refractivity contribution in [1.82, 2.24) is 29.4 Å². The molecule has 1 saturated heterocycles. The third kappa shape index (κ3) is 3.58. The van der Waals surface area contributed by atoms with Crippen LogP contribution in [0.3, 0.4) is 0 Å². The highest BCUT2D eigenvalue weighted by molar-refractivity contribution is 5.63. The molecule has 148 valence electrons. The van der Waals surface area contributed by atoms with E-state index in [9.17, 15) is 5.11 Å². The molecule has 1 aliphatic rings. The van der Waals surface area contributed by atoms with Crippen LogP contribution in [0.4, 0.5) is 5.69 Å². The Kier molecular flexibility index (Phi) is 4.48. The maximum Gasteiger partial charge on any atom is 0.137 e. The lowest BCUT2D eigenvalue weighted by Gasteiger charge is -2.18. The molecule has 0 radical (unpaired) electrons. The average molecular weight is 389 g/mol. The number of anilines is 1. The van der Waals surface area contributed by atoms with Crippen molar-refractivity contribution in [3.8, 4) is 11.3 Å². The fourth-order valence-electron chi connectivity index (χ4n) is 3.84. The van der Waals surface area contributed by atoms with E-state index in [1.54, 1.807) is 4.68 Å². The number of pyridine rings is 2. The van der Waals surface area contributed by atoms with Crippen molar-refractivity contribution in [2.45, 2.75) is 26.5 Å². The van der Waals surface area contributed by atoms with Gasteiger partial charge in [0.1, 0.15) is 11.3 Å². The molecule has 0 amide bonds. The van der Waals surface area contributed by atoms with E-state index in [1.807, 2.05) is 47.5 Å². The fourth-order valence-corrected chi connectivity index (χ4v) is 3.84. The topological polar surface area (TPSA) is 84.4 Å². The quantitative estimate of drug-likeness (QED) is 0.564. The molecule has 4 aromatic rings. The van der Waals surface area contributed by atoms with Crippen molar-refractivity contribution in [2.24, 2.45) is 5.92 Å². The van der Waals surface area contributed by atoms with Crippen LogP contribution in [-0.2, 0) is 13.2 Å². The van der Waals surface area contributed by atoms with E-state index in [0.717, 1.165) is 52.9 Å². The lowest BCUT2D eigenvalue weighted by atomic mass is 10.2. The van der Waals surface area contributed by atoms with Crippen LogP contribution in [-0.4, -0.2) is 47.6 Å². The Morgan fingerprint density at radius 1 is 1.17 bits per heavy atom. The minimum absolute atomic E-state index is 0.0132. The molecule has 0 bridgehead atoms. The molecule has 1 N–H and O–H groups in total. The van der Waals surface area contributed by atoms with Gasteiger partial charge >= 0.3 is 0 Å². The molecule has 1 fully saturated rings. The molecule has 5 heterocycles. The van der Waals surface area contributed by atoms with Gasteiger partial charge in [-0.05, 0) is 30.0 Å². The van der Waals surface area contributed by atoms with Gasteiger partial charge in [0.2, 0.25) is 0 Å². The van der Waals surface area contributed by atoms with Crippen molar-refractivity contribution >= 4 is 11.3 Å². The zero-order chi connectivity index (χ0) is 19.8. The number of fused-ring (bicyclic) bond motifs is 1. The minimum Gasteiger partial charge on any atom is -0.392 e. The summed E-state index contributed by atoms with van der Waals surface area (Å²) in [5, 5.41) is 17.9. The van der Waals surface area contributed by atoms with Crippen LogP contribution in [0.5, 0.6) is 0 Å². The summed E-state index contributed by atoms with van der Waals surface area (Å²) in [6, 6.07) is 5.92. The van der Waals surface area contributed by atoms with Crippen LogP contribution >= 0.6 is 0 Å². The second-order valence-corrected chi connectivity index (χ2v) is 7.77. The number of aromatic nitrogens is 6. The van der Waals surface area contributed by atoms with E-state index in [2.05, 4.69) is 38.2 Å². The first kappa shape index (κ1) is 17.8. The van der Waals surface area contributed by atoms with Crippen LogP contribution in [0, 0.1) is 5.92 Å². The Balaban J connectivity index is 1.36. The number of hydrogen-bond acceptors (Lipinski definition) is 6. The molecule has 1 atom stereocenters. The van der Waals surface area contributed by atoms with E-state index in [1.165, 1.54) is 6.42 Å². The molecule has 8 heteroatoms. The van der Waals surface area contributed by atoms with Gasteiger partial charge in [-0.3, -0.25) is 4.98 Å². The van der Waals surface area contributed by atoms with Crippen LogP contribution in [0.1, 0.15) is 24.6 Å². The monoisotopic (exact) mass is 389 g/mol. The lowest BCUT2D eigenvalue weighted by molar-refractivity contribution is 0.281. The number of rotatable bonds is 5. The first-order valence-corrected chi connectivity index (χ1v) is 9.86. The molecular weight excluding hydrogens is 366 g/mol. The normalized spacial score (nSPS) is 16.8. The van der Waals surface area contributed by atoms with Crippen LogP contribution in [0.2, 0.25) is 0 Å². The largest absolute Gasteiger partial charge is 0.392 e. The molecule has 5 rings (SSSR count). The van der Waals surface area contributed by atoms with Gasteiger partial charge in [0.25, 0.3) is 0 Å². The molecule has 4 aromatic heterocycles. The standard InChI is InChI=1S/C21H23N7O/c1-15-4-5-26(9-15)19-6-17(7-22-8-19)20-13-28(25-24-20)12-18-11-27-10-16(14-29)2-3-21(27)23-18/h2-3,6-8,10-11,13,15,29H,4-5,9,12,14H2,1H3. The van der Waals surface area contributed by atoms with Crippen molar-refractivity contribution in [3.05, 3.63) is 60.4 Å². The molecule has 0 spiro atoms. The highest BCUT2D eigenvalue weighted by Crippen LogP contribution is 2.26. The van der Waals surface area contributed by atoms with Crippen molar-refractivity contribution in [3.63, 3.8) is 0 Å². The van der Waals surface area contributed by atoms with E-state index >= 15 is 0 Å². The third-order valence-corrected chi connectivity index (χ3v) is 5.42. The second kappa shape index (κ2) is 7.29. The van der Waals surface area contributed by atoms with Crippen molar-refractivity contribution in [2.75, 3.05) is 18.0 Å². The average Bonchev–Trinajstić information content (AvgIpc) is 3.47. The first-order chi connectivity index (χ1) is 14.2. The number of aliphatic hydroxyl groups is 1. The molecule has 0 saturated carbocycles. The maximum absolute atomic E-state index is 9.29. The Morgan fingerprint density at radius 2 is 2.10 bits per heavy atom. The summed E-state index contributed by atoms with van der Waals surface area (Å²) in [5.74, 6) is 0.721. The zero-order valence-corrected chi connectivity index (χ0v) is 16.3. The number of nitrogens with zero attached hydrogens (tertiary/aromatic N) is 7. The summed E-state index contributed by atoms with van der Waals surface area (Å²) in [5.41, 5.74) is 5.49. The van der Waals surface area contributed by atoms with Crippen molar-refractivity contribution in [1.29, 1.82) is 0 Å². The van der Waals surface area contributed by atoms with Gasteiger partial charge in [0.15, 0.2) is 0 Å². The van der Waals surface area contributed by atoms with Gasteiger partial charge in [-0.25, -0.2) is 9.67 Å². The highest BCUT2D eigenvalue weighted by Gasteiger charge is 2.19. The van der Waals surface area contributed by atoms with Gasteiger partial charge in [-0.15, -0.1) is 5.10 Å². The number of imidazole rings is 1. The zero-order valence-electron chi connectivity index (χ0n) is 16.3. The summed E-state index contributed by atoms with van der Waals surface area (Å²) >= 11 is 0. The second-order valence-electron chi connectivity index (χ2n) is 7.77. The van der Waals surface area contributed by atoms with Gasteiger partial charge in [0.05, 0.1) is 36.9 Å². The predicted molar refractivity (Wildman–Crippen MR) is 109 cm³/mol. The molecule has 29 heavy (non-hydrogen) atoms. The van der Waals surface area contributed by atoms with E-state index < -0.39 is 0 Å². The summed E-state index contributed by atoms with van der Waals surface area (Å²) in [6.45, 7) is 4.97. The summed E-state index contributed by atoms with van der Waals surface area (Å²) in [4.78, 5) is 11.4. The third-order valence-electron chi connectivity index (χ3n) is 5.42. The lowest BCUT2D eigenvalue weighted by Crippen LogP contribution is -2.19. The Hall–Kier alpha value is -3.26. The Morgan fingerprint density at radius 3 is 2.93 bits per heavy atom. The fraction of sp³-hybridized carbons (Fsp3) is 0.333. The molecule has 1 aliphatic heterocycles. The van der Waals surface area contributed by atoms with Gasteiger partial charge < -0.3 is 14.4 Å². The smallest absolute Gasteiger partial charge is 0.137 e. The first-order valence-electron chi connectivity index (χ1n) is 9.86. The number of aliphatic hydroxyl groups excluding tert-OH is 1.